The van der Waals surface area contributed by atoms with Gasteiger partial charge in [-0.1, -0.05) is 0 Å². The highest BCUT2D eigenvalue weighted by atomic mass is 16.6. The Labute approximate surface area is 150 Å². The average Bonchev–Trinajstić information content (AvgIpc) is 2.90. The number of esters is 4. The molecule has 0 spiro atoms. The summed E-state index contributed by atoms with van der Waals surface area (Å²) in [5, 5.41) is 10.9. The van der Waals surface area contributed by atoms with Crippen LogP contribution in [0.5, 0.6) is 0 Å². The fourth-order valence-corrected chi connectivity index (χ4v) is 2.25. The molecule has 2 atom stereocenters. The Bertz CT molecular complexity index is 608. The third kappa shape index (κ3) is 3.96. The van der Waals surface area contributed by atoms with Gasteiger partial charge in [-0.2, -0.15) is 0 Å². The fraction of sp³-hybridized carbons (Fsp3) is 0.625. The number of aliphatic hydroxyl groups is 1. The number of carbonyl (C=O) groups is 4. The molecule has 0 bridgehead atoms. The number of rotatable bonds is 8. The average molecular weight is 374 g/mol. The summed E-state index contributed by atoms with van der Waals surface area (Å²) in [6.45, 7) is 5.45. The van der Waals surface area contributed by atoms with E-state index in [1.54, 1.807) is 0 Å². The van der Waals surface area contributed by atoms with Crippen LogP contribution in [0.15, 0.2) is 11.3 Å². The van der Waals surface area contributed by atoms with Gasteiger partial charge in [0.15, 0.2) is 0 Å². The molecule has 10 heteroatoms. The first kappa shape index (κ1) is 21.4. The molecule has 0 unspecified atom stereocenters. The van der Waals surface area contributed by atoms with Gasteiger partial charge in [0.05, 0.1) is 26.4 Å². The Morgan fingerprint density at radius 3 is 1.88 bits per heavy atom. The molecule has 0 aromatic rings. The number of carbonyl (C=O) groups excluding carboxylic acids is 4. The molecule has 0 aliphatic carbocycles. The van der Waals surface area contributed by atoms with E-state index in [9.17, 15) is 24.3 Å². The molecule has 1 aliphatic heterocycles. The summed E-state index contributed by atoms with van der Waals surface area (Å²) in [5.74, 6) is -5.70. The Hall–Kier alpha value is -2.62. The van der Waals surface area contributed by atoms with Crippen LogP contribution in [-0.4, -0.2) is 67.1 Å². The van der Waals surface area contributed by atoms with Gasteiger partial charge in [0.1, 0.15) is 5.57 Å². The first-order valence-corrected chi connectivity index (χ1v) is 8.11. The minimum Gasteiger partial charge on any atom is -0.466 e. The highest BCUT2D eigenvalue weighted by Crippen LogP contribution is 2.38. The quantitative estimate of drug-likeness (QED) is 0.442. The summed E-state index contributed by atoms with van der Waals surface area (Å²) in [7, 11) is 0. The van der Waals surface area contributed by atoms with E-state index < -0.39 is 46.9 Å². The summed E-state index contributed by atoms with van der Waals surface area (Å²) in [6.07, 6.45) is -2.03. The Kier molecular flexibility index (Phi) is 7.56. The lowest BCUT2D eigenvalue weighted by Gasteiger charge is -2.26. The van der Waals surface area contributed by atoms with Gasteiger partial charge >= 0.3 is 23.9 Å². The Morgan fingerprint density at radius 1 is 0.885 bits per heavy atom. The summed E-state index contributed by atoms with van der Waals surface area (Å²) in [5.41, 5.74) is -3.79. The molecular formula is C16H22O10. The van der Waals surface area contributed by atoms with E-state index in [2.05, 4.69) is 0 Å². The van der Waals surface area contributed by atoms with Crippen molar-refractivity contribution in [2.24, 2.45) is 0 Å². The lowest BCUT2D eigenvalue weighted by molar-refractivity contribution is -0.182. The van der Waals surface area contributed by atoms with E-state index in [0.29, 0.717) is 0 Å². The van der Waals surface area contributed by atoms with Crippen molar-refractivity contribution in [3.05, 3.63) is 11.3 Å². The molecule has 1 aliphatic rings. The third-order valence-corrected chi connectivity index (χ3v) is 3.25. The van der Waals surface area contributed by atoms with Gasteiger partial charge in [-0.25, -0.2) is 19.2 Å². The molecule has 1 N–H and O–H groups in total. The molecule has 0 saturated heterocycles. The van der Waals surface area contributed by atoms with Gasteiger partial charge in [-0.05, 0) is 27.7 Å². The predicted octanol–water partition coefficient (Wildman–Crippen LogP) is -0.377. The van der Waals surface area contributed by atoms with Crippen molar-refractivity contribution in [2.75, 3.05) is 26.4 Å². The monoisotopic (exact) mass is 374 g/mol. The van der Waals surface area contributed by atoms with Crippen molar-refractivity contribution in [1.82, 2.24) is 0 Å². The molecule has 0 amide bonds. The number of ether oxygens (including phenoxy) is 5. The normalized spacial score (nSPS) is 21.7. The van der Waals surface area contributed by atoms with Crippen LogP contribution >= 0.6 is 0 Å². The zero-order chi connectivity index (χ0) is 19.9. The molecule has 1 heterocycles. The smallest absolute Gasteiger partial charge is 0.374 e. The first-order chi connectivity index (χ1) is 12.3. The molecule has 0 aromatic heterocycles. The first-order valence-electron chi connectivity index (χ1n) is 8.11. The highest BCUT2D eigenvalue weighted by molar-refractivity contribution is 6.10. The molecule has 26 heavy (non-hydrogen) atoms. The minimum absolute atomic E-state index is 0.0797. The summed E-state index contributed by atoms with van der Waals surface area (Å²) in [6, 6.07) is 0. The lowest BCUT2D eigenvalue weighted by Crippen LogP contribution is -2.55. The lowest BCUT2D eigenvalue weighted by atomic mass is 9.88. The second-order valence-corrected chi connectivity index (χ2v) is 4.88. The van der Waals surface area contributed by atoms with E-state index in [1.807, 2.05) is 0 Å². The number of hydrogen-bond acceptors (Lipinski definition) is 10. The number of hydrogen-bond donors (Lipinski definition) is 1. The van der Waals surface area contributed by atoms with Gasteiger partial charge in [-0.15, -0.1) is 0 Å². The van der Waals surface area contributed by atoms with Crippen molar-refractivity contribution in [2.45, 2.75) is 39.4 Å². The zero-order valence-corrected chi connectivity index (χ0v) is 15.0. The molecule has 0 aromatic carbocycles. The van der Waals surface area contributed by atoms with E-state index in [4.69, 9.17) is 23.7 Å². The Balaban J connectivity index is 3.55. The molecular weight excluding hydrogens is 352 g/mol. The van der Waals surface area contributed by atoms with Crippen molar-refractivity contribution < 1.29 is 48.0 Å². The van der Waals surface area contributed by atoms with Gasteiger partial charge < -0.3 is 28.8 Å². The van der Waals surface area contributed by atoms with E-state index in [1.165, 1.54) is 27.7 Å². The molecule has 0 fully saturated rings. The van der Waals surface area contributed by atoms with E-state index >= 15 is 0 Å². The predicted molar refractivity (Wildman–Crippen MR) is 83.4 cm³/mol. The van der Waals surface area contributed by atoms with Crippen LogP contribution in [0.4, 0.5) is 0 Å². The summed E-state index contributed by atoms with van der Waals surface area (Å²) in [4.78, 5) is 49.0. The maximum Gasteiger partial charge on any atom is 0.374 e. The molecule has 1 rings (SSSR count). The molecule has 146 valence electrons. The van der Waals surface area contributed by atoms with Crippen LogP contribution in [0, 0.1) is 0 Å². The van der Waals surface area contributed by atoms with Crippen molar-refractivity contribution in [1.29, 1.82) is 0 Å². The van der Waals surface area contributed by atoms with Crippen LogP contribution in [0.3, 0.4) is 0 Å². The van der Waals surface area contributed by atoms with Crippen LogP contribution in [0.25, 0.3) is 0 Å². The Morgan fingerprint density at radius 2 is 1.38 bits per heavy atom. The van der Waals surface area contributed by atoms with Crippen molar-refractivity contribution in [3.63, 3.8) is 0 Å². The summed E-state index contributed by atoms with van der Waals surface area (Å²) < 4.78 is 24.2. The van der Waals surface area contributed by atoms with Gasteiger partial charge in [0.2, 0.25) is 17.5 Å². The largest absolute Gasteiger partial charge is 0.466 e. The van der Waals surface area contributed by atoms with Crippen LogP contribution in [-0.2, 0) is 42.9 Å². The minimum atomic E-state index is -2.92. The van der Waals surface area contributed by atoms with E-state index in [0.717, 1.165) is 0 Å². The maximum atomic E-state index is 12.4. The third-order valence-electron chi connectivity index (χ3n) is 3.25. The van der Waals surface area contributed by atoms with Gasteiger partial charge in [-0.3, -0.25) is 0 Å². The standard InChI is InChI=1S/C16H22O10/c1-5-22-12(17)9-10(13(18)23-6-2)26-11(14(19)24-7-3)16(9,21)15(20)25-8-4/h11,21H,5-8H2,1-4H3/t11-,16+/m0/s1. The van der Waals surface area contributed by atoms with Gasteiger partial charge in [0.25, 0.3) is 0 Å². The SMILES string of the molecule is CCOC(=O)C1=C(C(=O)OCC)[C@](O)(C(=O)OCC)[C@H](C(=O)OCC)O1. The van der Waals surface area contributed by atoms with Crippen LogP contribution < -0.4 is 0 Å². The zero-order valence-electron chi connectivity index (χ0n) is 15.0. The molecule has 10 nitrogen and oxygen atoms in total. The molecule has 0 saturated carbocycles. The fourth-order valence-electron chi connectivity index (χ4n) is 2.25. The summed E-state index contributed by atoms with van der Waals surface area (Å²) >= 11 is 0. The topological polar surface area (TPSA) is 135 Å². The molecule has 0 radical (unpaired) electrons. The second-order valence-electron chi connectivity index (χ2n) is 4.88. The van der Waals surface area contributed by atoms with Crippen LogP contribution in [0.1, 0.15) is 27.7 Å². The maximum absolute atomic E-state index is 12.4. The van der Waals surface area contributed by atoms with Gasteiger partial charge in [0, 0.05) is 0 Å². The van der Waals surface area contributed by atoms with Crippen LogP contribution in [0.2, 0.25) is 0 Å². The van der Waals surface area contributed by atoms with E-state index in [-0.39, 0.29) is 26.4 Å². The highest BCUT2D eigenvalue weighted by Gasteiger charge is 2.64. The van der Waals surface area contributed by atoms with Crippen molar-refractivity contribution in [3.8, 4) is 0 Å². The van der Waals surface area contributed by atoms with Crippen molar-refractivity contribution >= 4 is 23.9 Å². The second kappa shape index (κ2) is 9.18.